The molecule has 1 rings (SSSR count). The van der Waals surface area contributed by atoms with Crippen LogP contribution in [-0.4, -0.2) is 48.1 Å². The van der Waals surface area contributed by atoms with Crippen LogP contribution in [0.25, 0.3) is 0 Å². The van der Waals surface area contributed by atoms with Gasteiger partial charge in [0, 0.05) is 13.1 Å². The van der Waals surface area contributed by atoms with Crippen molar-refractivity contribution in [3.05, 3.63) is 0 Å². The van der Waals surface area contributed by atoms with Crippen LogP contribution in [0.2, 0.25) is 0 Å². The lowest BCUT2D eigenvalue weighted by atomic mass is 9.85. The second-order valence-electron chi connectivity index (χ2n) is 6.78. The lowest BCUT2D eigenvalue weighted by molar-refractivity contribution is -0.145. The maximum absolute atomic E-state index is 12.1. The fourth-order valence-electron chi connectivity index (χ4n) is 3.07. The highest BCUT2D eigenvalue weighted by molar-refractivity contribution is 5.78. The minimum Gasteiger partial charge on any atom is -0.481 e. The van der Waals surface area contributed by atoms with Gasteiger partial charge in [-0.2, -0.15) is 0 Å². The molecule has 0 aromatic heterocycles. The van der Waals surface area contributed by atoms with Gasteiger partial charge in [-0.15, -0.1) is 0 Å². The normalized spacial score (nSPS) is 17.0. The Labute approximate surface area is 128 Å². The van der Waals surface area contributed by atoms with Gasteiger partial charge in [0.25, 0.3) is 0 Å². The Bertz CT molecular complexity index is 339. The number of piperidine rings is 1. The summed E-state index contributed by atoms with van der Waals surface area (Å²) in [5, 5.41) is 12.2. The number of hydrogen-bond acceptors (Lipinski definition) is 3. The maximum atomic E-state index is 12.1. The molecule has 1 heterocycles. The molecule has 1 aliphatic rings. The molecule has 1 aliphatic heterocycles. The Morgan fingerprint density at radius 3 is 2.10 bits per heavy atom. The fourth-order valence-corrected chi connectivity index (χ4v) is 3.07. The van der Waals surface area contributed by atoms with Gasteiger partial charge >= 0.3 is 5.97 Å². The topological polar surface area (TPSA) is 69.6 Å². The molecule has 0 unspecified atom stereocenters. The third-order valence-electron chi connectivity index (χ3n) is 4.57. The molecule has 21 heavy (non-hydrogen) atoms. The van der Waals surface area contributed by atoms with Crippen LogP contribution < -0.4 is 5.32 Å². The molecular formula is C16H30N2O3. The zero-order valence-electron chi connectivity index (χ0n) is 13.8. The third-order valence-corrected chi connectivity index (χ3v) is 4.57. The lowest BCUT2D eigenvalue weighted by Crippen LogP contribution is -2.45. The van der Waals surface area contributed by atoms with Crippen LogP contribution in [0, 0.1) is 23.7 Å². The van der Waals surface area contributed by atoms with E-state index in [2.05, 4.69) is 33.0 Å². The van der Waals surface area contributed by atoms with E-state index in [0.717, 1.165) is 6.54 Å². The number of nitrogens with one attached hydrogen (secondary N) is 1. The minimum atomic E-state index is -0.739. The molecule has 0 saturated carbocycles. The first kappa shape index (κ1) is 18.0. The number of carbonyl (C=O) groups is 2. The molecule has 5 nitrogen and oxygen atoms in total. The number of nitrogens with zero attached hydrogens (tertiary/aromatic N) is 1. The van der Waals surface area contributed by atoms with Crippen LogP contribution in [0.5, 0.6) is 0 Å². The molecule has 0 atom stereocenters. The average molecular weight is 298 g/mol. The second-order valence-corrected chi connectivity index (χ2v) is 6.78. The largest absolute Gasteiger partial charge is 0.481 e. The first-order valence-corrected chi connectivity index (χ1v) is 8.04. The number of carboxylic acid groups (broad SMARTS) is 1. The minimum absolute atomic E-state index is 0.0881. The number of aliphatic carboxylic acids is 1. The molecule has 0 aliphatic carbocycles. The monoisotopic (exact) mass is 298 g/mol. The van der Waals surface area contributed by atoms with Crippen LogP contribution in [0.4, 0.5) is 0 Å². The number of rotatable bonds is 7. The van der Waals surface area contributed by atoms with Crippen molar-refractivity contribution in [2.45, 2.75) is 40.5 Å². The average Bonchev–Trinajstić information content (AvgIpc) is 2.42. The van der Waals surface area contributed by atoms with Gasteiger partial charge in [0.15, 0.2) is 0 Å². The van der Waals surface area contributed by atoms with E-state index in [9.17, 15) is 9.59 Å². The van der Waals surface area contributed by atoms with Crippen molar-refractivity contribution >= 4 is 11.9 Å². The molecule has 0 aromatic carbocycles. The predicted octanol–water partition coefficient (Wildman–Crippen LogP) is 1.83. The van der Waals surface area contributed by atoms with E-state index in [0.29, 0.717) is 50.2 Å². The van der Waals surface area contributed by atoms with Crippen LogP contribution in [0.3, 0.4) is 0 Å². The van der Waals surface area contributed by atoms with Gasteiger partial charge in [-0.3, -0.25) is 9.59 Å². The smallest absolute Gasteiger partial charge is 0.306 e. The van der Waals surface area contributed by atoms with E-state index in [1.807, 2.05) is 0 Å². The van der Waals surface area contributed by atoms with E-state index in [4.69, 9.17) is 5.11 Å². The maximum Gasteiger partial charge on any atom is 0.306 e. The zero-order valence-corrected chi connectivity index (χ0v) is 13.8. The van der Waals surface area contributed by atoms with Crippen molar-refractivity contribution < 1.29 is 14.7 Å². The van der Waals surface area contributed by atoms with Gasteiger partial charge in [0.05, 0.1) is 12.5 Å². The SMILES string of the molecule is CC(C)C(CNCC(=O)N1CCC(C(=O)O)CC1)C(C)C. The molecule has 1 amide bonds. The highest BCUT2D eigenvalue weighted by Crippen LogP contribution is 2.19. The molecule has 1 saturated heterocycles. The van der Waals surface area contributed by atoms with Crippen LogP contribution in [0.1, 0.15) is 40.5 Å². The van der Waals surface area contributed by atoms with Crippen molar-refractivity contribution in [1.82, 2.24) is 10.2 Å². The standard InChI is InChI=1S/C16H30N2O3/c1-11(2)14(12(3)4)9-17-10-15(19)18-7-5-13(6-8-18)16(20)21/h11-14,17H,5-10H2,1-4H3,(H,20,21). The first-order chi connectivity index (χ1) is 9.82. The highest BCUT2D eigenvalue weighted by atomic mass is 16.4. The van der Waals surface area contributed by atoms with Gasteiger partial charge in [0.2, 0.25) is 5.91 Å². The van der Waals surface area contributed by atoms with Gasteiger partial charge in [-0.1, -0.05) is 27.7 Å². The molecule has 0 spiro atoms. The van der Waals surface area contributed by atoms with Crippen molar-refractivity contribution in [2.75, 3.05) is 26.2 Å². The Hall–Kier alpha value is -1.10. The van der Waals surface area contributed by atoms with Crippen LogP contribution >= 0.6 is 0 Å². The molecule has 0 bridgehead atoms. The Morgan fingerprint density at radius 2 is 1.67 bits per heavy atom. The summed E-state index contributed by atoms with van der Waals surface area (Å²) < 4.78 is 0. The summed E-state index contributed by atoms with van der Waals surface area (Å²) in [7, 11) is 0. The summed E-state index contributed by atoms with van der Waals surface area (Å²) in [4.78, 5) is 24.8. The van der Waals surface area contributed by atoms with Gasteiger partial charge in [-0.05, 0) is 37.1 Å². The number of likely N-dealkylation sites (tertiary alicyclic amines) is 1. The summed E-state index contributed by atoms with van der Waals surface area (Å²) in [5.41, 5.74) is 0. The van der Waals surface area contributed by atoms with Gasteiger partial charge in [0.1, 0.15) is 0 Å². The predicted molar refractivity (Wildman–Crippen MR) is 83.0 cm³/mol. The Kier molecular flexibility index (Phi) is 7.15. The van der Waals surface area contributed by atoms with Gasteiger partial charge in [-0.25, -0.2) is 0 Å². The lowest BCUT2D eigenvalue weighted by Gasteiger charge is -2.31. The molecule has 0 radical (unpaired) electrons. The summed E-state index contributed by atoms with van der Waals surface area (Å²) in [5.74, 6) is 0.823. The summed E-state index contributed by atoms with van der Waals surface area (Å²) in [6.07, 6.45) is 1.14. The molecule has 0 aromatic rings. The first-order valence-electron chi connectivity index (χ1n) is 8.04. The molecule has 5 heteroatoms. The molecule has 1 fully saturated rings. The van der Waals surface area contributed by atoms with Crippen LogP contribution in [-0.2, 0) is 9.59 Å². The summed E-state index contributed by atoms with van der Waals surface area (Å²) >= 11 is 0. The van der Waals surface area contributed by atoms with E-state index in [1.165, 1.54) is 0 Å². The van der Waals surface area contributed by atoms with E-state index >= 15 is 0 Å². The van der Waals surface area contributed by atoms with E-state index in [-0.39, 0.29) is 11.8 Å². The van der Waals surface area contributed by atoms with Crippen LogP contribution in [0.15, 0.2) is 0 Å². The third kappa shape index (κ3) is 5.65. The molecule has 2 N–H and O–H groups in total. The number of hydrogen-bond donors (Lipinski definition) is 2. The quantitative estimate of drug-likeness (QED) is 0.752. The number of amides is 1. The van der Waals surface area contributed by atoms with Crippen molar-refractivity contribution in [2.24, 2.45) is 23.7 Å². The van der Waals surface area contributed by atoms with Gasteiger partial charge < -0.3 is 15.3 Å². The zero-order chi connectivity index (χ0) is 16.0. The fraction of sp³-hybridized carbons (Fsp3) is 0.875. The Balaban J connectivity index is 2.30. The van der Waals surface area contributed by atoms with Crippen molar-refractivity contribution in [3.8, 4) is 0 Å². The second kappa shape index (κ2) is 8.37. The molecule has 122 valence electrons. The van der Waals surface area contributed by atoms with E-state index < -0.39 is 5.97 Å². The van der Waals surface area contributed by atoms with Crippen molar-refractivity contribution in [3.63, 3.8) is 0 Å². The Morgan fingerprint density at radius 1 is 1.14 bits per heavy atom. The number of carboxylic acids is 1. The van der Waals surface area contributed by atoms with E-state index in [1.54, 1.807) is 4.90 Å². The summed E-state index contributed by atoms with van der Waals surface area (Å²) in [6, 6.07) is 0. The molecular weight excluding hydrogens is 268 g/mol. The highest BCUT2D eigenvalue weighted by Gasteiger charge is 2.26. The number of carbonyl (C=O) groups excluding carboxylic acids is 1. The van der Waals surface area contributed by atoms with Crippen molar-refractivity contribution in [1.29, 1.82) is 0 Å². The summed E-state index contributed by atoms with van der Waals surface area (Å²) in [6.45, 7) is 11.2.